The van der Waals surface area contributed by atoms with Gasteiger partial charge < -0.3 is 15.0 Å². The SMILES string of the molecule is COc1cccc(C(C)NC(=O)C2CCN(c3ccc(-c4ccc(C)cc4)nn3)CC2)c1. The minimum absolute atomic E-state index is 0.0131. The van der Waals surface area contributed by atoms with Gasteiger partial charge in [-0.2, -0.15) is 0 Å². The number of hydrogen-bond acceptors (Lipinski definition) is 5. The molecule has 0 spiro atoms. The second-order valence-electron chi connectivity index (χ2n) is 8.41. The molecule has 1 saturated heterocycles. The van der Waals surface area contributed by atoms with Gasteiger partial charge in [-0.1, -0.05) is 42.0 Å². The number of rotatable bonds is 6. The van der Waals surface area contributed by atoms with Gasteiger partial charge in [-0.05, 0) is 56.5 Å². The van der Waals surface area contributed by atoms with Crippen LogP contribution in [0.4, 0.5) is 5.82 Å². The highest BCUT2D eigenvalue weighted by atomic mass is 16.5. The number of carbonyl (C=O) groups is 1. The van der Waals surface area contributed by atoms with Crippen LogP contribution in [-0.4, -0.2) is 36.3 Å². The van der Waals surface area contributed by atoms with Gasteiger partial charge in [0, 0.05) is 24.6 Å². The summed E-state index contributed by atoms with van der Waals surface area (Å²) in [5, 5.41) is 12.0. The number of nitrogens with zero attached hydrogens (tertiary/aromatic N) is 3. The van der Waals surface area contributed by atoms with Crippen molar-refractivity contribution in [3.63, 3.8) is 0 Å². The van der Waals surface area contributed by atoms with Gasteiger partial charge in [0.15, 0.2) is 5.82 Å². The van der Waals surface area contributed by atoms with Crippen LogP contribution in [0.25, 0.3) is 11.3 Å². The Morgan fingerprint density at radius 3 is 2.47 bits per heavy atom. The topological polar surface area (TPSA) is 67.3 Å². The van der Waals surface area contributed by atoms with E-state index in [1.54, 1.807) is 7.11 Å². The number of nitrogens with one attached hydrogen (secondary N) is 1. The number of methoxy groups -OCH3 is 1. The Morgan fingerprint density at radius 1 is 1.06 bits per heavy atom. The van der Waals surface area contributed by atoms with Crippen molar-refractivity contribution in [2.75, 3.05) is 25.1 Å². The van der Waals surface area contributed by atoms with Crippen LogP contribution in [0.1, 0.15) is 36.9 Å². The zero-order valence-electron chi connectivity index (χ0n) is 18.9. The van der Waals surface area contributed by atoms with Gasteiger partial charge in [-0.15, -0.1) is 10.2 Å². The van der Waals surface area contributed by atoms with E-state index in [-0.39, 0.29) is 17.9 Å². The maximum Gasteiger partial charge on any atom is 0.223 e. The van der Waals surface area contributed by atoms with Crippen molar-refractivity contribution in [2.24, 2.45) is 5.92 Å². The lowest BCUT2D eigenvalue weighted by Gasteiger charge is -2.32. The van der Waals surface area contributed by atoms with E-state index < -0.39 is 0 Å². The molecule has 1 amide bonds. The zero-order valence-corrected chi connectivity index (χ0v) is 18.9. The lowest BCUT2D eigenvalue weighted by atomic mass is 9.95. The first-order chi connectivity index (χ1) is 15.5. The third-order valence-electron chi connectivity index (χ3n) is 6.14. The van der Waals surface area contributed by atoms with Gasteiger partial charge in [0.05, 0.1) is 18.8 Å². The molecule has 0 aliphatic carbocycles. The van der Waals surface area contributed by atoms with Gasteiger partial charge in [-0.25, -0.2) is 0 Å². The average molecular weight is 431 g/mol. The molecule has 2 heterocycles. The van der Waals surface area contributed by atoms with Gasteiger partial charge in [0.1, 0.15) is 5.75 Å². The number of piperidine rings is 1. The highest BCUT2D eigenvalue weighted by Crippen LogP contribution is 2.25. The zero-order chi connectivity index (χ0) is 22.5. The maximum absolute atomic E-state index is 12.8. The molecule has 32 heavy (non-hydrogen) atoms. The molecule has 1 N–H and O–H groups in total. The number of benzene rings is 2. The Bertz CT molecular complexity index is 1040. The first kappa shape index (κ1) is 21.8. The third kappa shape index (κ3) is 5.07. The molecule has 2 aromatic carbocycles. The number of hydrogen-bond donors (Lipinski definition) is 1. The van der Waals surface area contributed by atoms with Crippen LogP contribution in [0.2, 0.25) is 0 Å². The summed E-state index contributed by atoms with van der Waals surface area (Å²) in [4.78, 5) is 15.0. The van der Waals surface area contributed by atoms with Crippen LogP contribution in [-0.2, 0) is 4.79 Å². The van der Waals surface area contributed by atoms with Crippen LogP contribution < -0.4 is 15.0 Å². The summed E-state index contributed by atoms with van der Waals surface area (Å²) in [6.07, 6.45) is 1.61. The fourth-order valence-corrected chi connectivity index (χ4v) is 4.07. The lowest BCUT2D eigenvalue weighted by Crippen LogP contribution is -2.41. The van der Waals surface area contributed by atoms with E-state index in [1.165, 1.54) is 5.56 Å². The first-order valence-corrected chi connectivity index (χ1v) is 11.1. The molecule has 166 valence electrons. The van der Waals surface area contributed by atoms with E-state index in [0.717, 1.165) is 54.3 Å². The average Bonchev–Trinajstić information content (AvgIpc) is 2.84. The van der Waals surface area contributed by atoms with E-state index in [1.807, 2.05) is 43.3 Å². The number of amides is 1. The molecule has 0 bridgehead atoms. The van der Waals surface area contributed by atoms with Crippen LogP contribution in [0.15, 0.2) is 60.7 Å². The van der Waals surface area contributed by atoms with Gasteiger partial charge in [0.25, 0.3) is 0 Å². The summed E-state index contributed by atoms with van der Waals surface area (Å²) in [6, 6.07) is 20.1. The van der Waals surface area contributed by atoms with Crippen LogP contribution in [0, 0.1) is 12.8 Å². The van der Waals surface area contributed by atoms with E-state index >= 15 is 0 Å². The second kappa shape index (κ2) is 9.81. The molecule has 0 saturated carbocycles. The molecule has 3 aromatic rings. The van der Waals surface area contributed by atoms with Crippen molar-refractivity contribution in [1.82, 2.24) is 15.5 Å². The highest BCUT2D eigenvalue weighted by Gasteiger charge is 2.26. The highest BCUT2D eigenvalue weighted by molar-refractivity contribution is 5.79. The number of anilines is 1. The Labute approximate surface area is 189 Å². The molecule has 1 unspecified atom stereocenters. The maximum atomic E-state index is 12.8. The molecule has 0 radical (unpaired) electrons. The molecule has 4 rings (SSSR count). The molecular weight excluding hydrogens is 400 g/mol. The monoisotopic (exact) mass is 430 g/mol. The van der Waals surface area contributed by atoms with Gasteiger partial charge in [0.2, 0.25) is 5.91 Å². The van der Waals surface area contributed by atoms with Crippen molar-refractivity contribution in [2.45, 2.75) is 32.7 Å². The smallest absolute Gasteiger partial charge is 0.223 e. The largest absolute Gasteiger partial charge is 0.497 e. The summed E-state index contributed by atoms with van der Waals surface area (Å²) in [7, 11) is 1.65. The Hall–Kier alpha value is -3.41. The van der Waals surface area contributed by atoms with Crippen molar-refractivity contribution in [1.29, 1.82) is 0 Å². The number of ether oxygens (including phenoxy) is 1. The van der Waals surface area contributed by atoms with E-state index in [4.69, 9.17) is 4.74 Å². The van der Waals surface area contributed by atoms with Crippen molar-refractivity contribution in [3.05, 3.63) is 71.8 Å². The van der Waals surface area contributed by atoms with E-state index in [2.05, 4.69) is 51.6 Å². The molecule has 6 nitrogen and oxygen atoms in total. The minimum atomic E-state index is -0.0594. The predicted molar refractivity (Wildman–Crippen MR) is 127 cm³/mol. The predicted octanol–water partition coefficient (Wildman–Crippen LogP) is 4.55. The van der Waals surface area contributed by atoms with Gasteiger partial charge >= 0.3 is 0 Å². The summed E-state index contributed by atoms with van der Waals surface area (Å²) in [5.41, 5.74) is 4.20. The Morgan fingerprint density at radius 2 is 1.81 bits per heavy atom. The molecule has 1 aromatic heterocycles. The lowest BCUT2D eigenvalue weighted by molar-refractivity contribution is -0.126. The van der Waals surface area contributed by atoms with E-state index in [0.29, 0.717) is 0 Å². The first-order valence-electron chi connectivity index (χ1n) is 11.1. The second-order valence-corrected chi connectivity index (χ2v) is 8.41. The minimum Gasteiger partial charge on any atom is -0.497 e. The van der Waals surface area contributed by atoms with Crippen LogP contribution >= 0.6 is 0 Å². The number of carbonyl (C=O) groups excluding carboxylic acids is 1. The quantitative estimate of drug-likeness (QED) is 0.621. The standard InChI is InChI=1S/C26H30N4O2/c1-18-7-9-20(10-8-18)24-11-12-25(29-28-24)30-15-13-21(14-16-30)26(31)27-19(2)22-5-4-6-23(17-22)32-3/h4-12,17,19,21H,13-16H2,1-3H3,(H,27,31). The normalized spacial score (nSPS) is 15.3. The van der Waals surface area contributed by atoms with Crippen molar-refractivity contribution < 1.29 is 9.53 Å². The summed E-state index contributed by atoms with van der Waals surface area (Å²) in [5.74, 6) is 1.79. The Kier molecular flexibility index (Phi) is 6.69. The number of aromatic nitrogens is 2. The van der Waals surface area contributed by atoms with Crippen LogP contribution in [0.5, 0.6) is 5.75 Å². The molecular formula is C26H30N4O2. The molecule has 1 atom stereocenters. The molecule has 6 heteroatoms. The fraction of sp³-hybridized carbons (Fsp3) is 0.346. The third-order valence-corrected chi connectivity index (χ3v) is 6.14. The van der Waals surface area contributed by atoms with Crippen molar-refractivity contribution >= 4 is 11.7 Å². The summed E-state index contributed by atoms with van der Waals surface area (Å²) in [6.45, 7) is 5.67. The Balaban J connectivity index is 1.31. The molecule has 1 fully saturated rings. The molecule has 1 aliphatic heterocycles. The van der Waals surface area contributed by atoms with E-state index in [9.17, 15) is 4.79 Å². The van der Waals surface area contributed by atoms with Crippen LogP contribution in [0.3, 0.4) is 0 Å². The van der Waals surface area contributed by atoms with Gasteiger partial charge in [-0.3, -0.25) is 4.79 Å². The molecule has 1 aliphatic rings. The number of aryl methyl sites for hydroxylation is 1. The summed E-state index contributed by atoms with van der Waals surface area (Å²) < 4.78 is 5.29. The summed E-state index contributed by atoms with van der Waals surface area (Å²) >= 11 is 0. The van der Waals surface area contributed by atoms with Crippen molar-refractivity contribution in [3.8, 4) is 17.0 Å². The fourth-order valence-electron chi connectivity index (χ4n) is 4.07.